The van der Waals surface area contributed by atoms with Crippen LogP contribution in [0.1, 0.15) is 37.9 Å². The van der Waals surface area contributed by atoms with Crippen molar-refractivity contribution in [1.82, 2.24) is 15.0 Å². The first-order chi connectivity index (χ1) is 7.64. The van der Waals surface area contributed by atoms with Crippen LogP contribution in [0.3, 0.4) is 0 Å². The van der Waals surface area contributed by atoms with Crippen LogP contribution in [-0.4, -0.2) is 34.7 Å². The molecule has 0 spiro atoms. The number of aromatic nitrogens is 2. The first kappa shape index (κ1) is 11.5. The van der Waals surface area contributed by atoms with E-state index in [0.717, 1.165) is 38.9 Å². The summed E-state index contributed by atoms with van der Waals surface area (Å²) in [6.45, 7) is 7.20. The second-order valence-electron chi connectivity index (χ2n) is 4.58. The van der Waals surface area contributed by atoms with Gasteiger partial charge in [0.05, 0.1) is 5.54 Å². The van der Waals surface area contributed by atoms with Gasteiger partial charge in [-0.1, -0.05) is 12.1 Å². The number of aryl methyl sites for hydroxylation is 1. The largest absolute Gasteiger partial charge is 0.340 e. The summed E-state index contributed by atoms with van der Waals surface area (Å²) in [5.41, 5.74) is 6.00. The zero-order valence-corrected chi connectivity index (χ0v) is 10.1. The third-order valence-corrected chi connectivity index (χ3v) is 3.39. The predicted molar refractivity (Wildman–Crippen MR) is 60.9 cm³/mol. The van der Waals surface area contributed by atoms with Gasteiger partial charge in [-0.2, -0.15) is 4.98 Å². The molecule has 90 valence electrons. The average Bonchev–Trinajstić information content (AvgIpc) is 2.61. The van der Waals surface area contributed by atoms with E-state index in [1.807, 2.05) is 0 Å². The zero-order valence-electron chi connectivity index (χ0n) is 10.1. The maximum absolute atomic E-state index is 6.40. The molecule has 0 bridgehead atoms. The maximum atomic E-state index is 6.40. The van der Waals surface area contributed by atoms with Crippen LogP contribution in [0.2, 0.25) is 0 Å². The molecule has 1 aromatic rings. The van der Waals surface area contributed by atoms with Crippen LogP contribution in [0.4, 0.5) is 0 Å². The van der Waals surface area contributed by atoms with Gasteiger partial charge < -0.3 is 15.2 Å². The fraction of sp³-hybridized carbons (Fsp3) is 0.818. The Labute approximate surface area is 96.0 Å². The Morgan fingerprint density at radius 2 is 2.25 bits per heavy atom. The topological polar surface area (TPSA) is 68.2 Å². The molecular formula is C11H20N4O. The van der Waals surface area contributed by atoms with E-state index in [9.17, 15) is 0 Å². The predicted octanol–water partition coefficient (Wildman–Crippen LogP) is 1.04. The quantitative estimate of drug-likeness (QED) is 0.813. The molecule has 5 heteroatoms. The van der Waals surface area contributed by atoms with Crippen molar-refractivity contribution < 1.29 is 4.52 Å². The Bertz CT molecular complexity index is 352. The number of hydrogen-bond acceptors (Lipinski definition) is 5. The van der Waals surface area contributed by atoms with Gasteiger partial charge in [0.15, 0.2) is 5.82 Å². The highest BCUT2D eigenvalue weighted by molar-refractivity contribution is 5.04. The summed E-state index contributed by atoms with van der Waals surface area (Å²) in [4.78, 5) is 6.70. The minimum atomic E-state index is -0.401. The van der Waals surface area contributed by atoms with Crippen LogP contribution in [0.15, 0.2) is 4.52 Å². The fourth-order valence-electron chi connectivity index (χ4n) is 2.25. The van der Waals surface area contributed by atoms with Crippen molar-refractivity contribution in [2.24, 2.45) is 5.73 Å². The van der Waals surface area contributed by atoms with Gasteiger partial charge >= 0.3 is 0 Å². The van der Waals surface area contributed by atoms with E-state index in [4.69, 9.17) is 10.3 Å². The summed E-state index contributed by atoms with van der Waals surface area (Å²) < 4.78 is 5.02. The highest BCUT2D eigenvalue weighted by atomic mass is 16.5. The monoisotopic (exact) mass is 224 g/mol. The van der Waals surface area contributed by atoms with E-state index in [1.54, 1.807) is 6.92 Å². The standard InChI is InChI=1S/C11H20N4O/c1-3-15-7-4-5-11(12,6-8-15)10-13-9(2)16-14-10/h3-8,12H2,1-2H3. The first-order valence-corrected chi connectivity index (χ1v) is 5.96. The molecule has 1 unspecified atom stereocenters. The molecule has 0 radical (unpaired) electrons. The van der Waals surface area contributed by atoms with Crippen LogP contribution < -0.4 is 5.73 Å². The number of likely N-dealkylation sites (tertiary alicyclic amines) is 1. The van der Waals surface area contributed by atoms with Gasteiger partial charge in [0.2, 0.25) is 5.89 Å². The average molecular weight is 224 g/mol. The lowest BCUT2D eigenvalue weighted by Crippen LogP contribution is -2.39. The molecule has 5 nitrogen and oxygen atoms in total. The third kappa shape index (κ3) is 2.25. The zero-order chi connectivity index (χ0) is 11.6. The summed E-state index contributed by atoms with van der Waals surface area (Å²) in [7, 11) is 0. The third-order valence-electron chi connectivity index (χ3n) is 3.39. The molecule has 2 N–H and O–H groups in total. The van der Waals surface area contributed by atoms with Gasteiger partial charge in [0.25, 0.3) is 0 Å². The second-order valence-corrected chi connectivity index (χ2v) is 4.58. The van der Waals surface area contributed by atoms with Gasteiger partial charge in [-0.05, 0) is 32.4 Å². The van der Waals surface area contributed by atoms with Crippen molar-refractivity contribution in [3.05, 3.63) is 11.7 Å². The van der Waals surface area contributed by atoms with E-state index in [1.165, 1.54) is 0 Å². The van der Waals surface area contributed by atoms with Crippen LogP contribution in [0, 0.1) is 6.92 Å². The van der Waals surface area contributed by atoms with Gasteiger partial charge in [0.1, 0.15) is 0 Å². The van der Waals surface area contributed by atoms with Crippen LogP contribution in [-0.2, 0) is 5.54 Å². The number of rotatable bonds is 2. The van der Waals surface area contributed by atoms with E-state index < -0.39 is 5.54 Å². The molecule has 16 heavy (non-hydrogen) atoms. The fourth-order valence-corrected chi connectivity index (χ4v) is 2.25. The van der Waals surface area contributed by atoms with Crippen molar-refractivity contribution in [2.45, 2.75) is 38.6 Å². The Balaban J connectivity index is 2.13. The van der Waals surface area contributed by atoms with Gasteiger partial charge in [0, 0.05) is 13.5 Å². The Morgan fingerprint density at radius 1 is 1.44 bits per heavy atom. The van der Waals surface area contributed by atoms with Gasteiger partial charge in [-0.25, -0.2) is 0 Å². The highest BCUT2D eigenvalue weighted by Gasteiger charge is 2.34. The lowest BCUT2D eigenvalue weighted by Gasteiger charge is -2.24. The summed E-state index contributed by atoms with van der Waals surface area (Å²) in [6.07, 6.45) is 2.93. The normalized spacial score (nSPS) is 27.9. The van der Waals surface area contributed by atoms with Crippen molar-refractivity contribution in [3.63, 3.8) is 0 Å². The molecule has 1 aromatic heterocycles. The molecule has 0 aliphatic carbocycles. The van der Waals surface area contributed by atoms with Crippen LogP contribution >= 0.6 is 0 Å². The van der Waals surface area contributed by atoms with E-state index in [2.05, 4.69) is 22.0 Å². The number of hydrogen-bond donors (Lipinski definition) is 1. The second kappa shape index (κ2) is 4.51. The van der Waals surface area contributed by atoms with Crippen molar-refractivity contribution in [2.75, 3.05) is 19.6 Å². The molecular weight excluding hydrogens is 204 g/mol. The molecule has 1 aliphatic rings. The summed E-state index contributed by atoms with van der Waals surface area (Å²) in [5.74, 6) is 1.26. The Morgan fingerprint density at radius 3 is 2.88 bits per heavy atom. The Hall–Kier alpha value is -0.940. The van der Waals surface area contributed by atoms with E-state index in [0.29, 0.717) is 11.7 Å². The summed E-state index contributed by atoms with van der Waals surface area (Å²) in [6, 6.07) is 0. The van der Waals surface area contributed by atoms with Crippen molar-refractivity contribution in [1.29, 1.82) is 0 Å². The maximum Gasteiger partial charge on any atom is 0.223 e. The van der Waals surface area contributed by atoms with Crippen molar-refractivity contribution in [3.8, 4) is 0 Å². The molecule has 2 rings (SSSR count). The smallest absolute Gasteiger partial charge is 0.223 e. The van der Waals surface area contributed by atoms with Crippen LogP contribution in [0.25, 0.3) is 0 Å². The van der Waals surface area contributed by atoms with Crippen LogP contribution in [0.5, 0.6) is 0 Å². The summed E-state index contributed by atoms with van der Waals surface area (Å²) in [5, 5.41) is 3.97. The molecule has 0 saturated carbocycles. The number of nitrogens with two attached hydrogens (primary N) is 1. The molecule has 1 saturated heterocycles. The van der Waals surface area contributed by atoms with E-state index >= 15 is 0 Å². The molecule has 1 atom stereocenters. The first-order valence-electron chi connectivity index (χ1n) is 5.96. The van der Waals surface area contributed by atoms with Gasteiger partial charge in [-0.3, -0.25) is 0 Å². The minimum absolute atomic E-state index is 0.401. The summed E-state index contributed by atoms with van der Waals surface area (Å²) >= 11 is 0. The highest BCUT2D eigenvalue weighted by Crippen LogP contribution is 2.28. The molecule has 1 fully saturated rings. The molecule has 1 aliphatic heterocycles. The number of nitrogens with zero attached hydrogens (tertiary/aromatic N) is 3. The molecule has 0 amide bonds. The van der Waals surface area contributed by atoms with Crippen molar-refractivity contribution >= 4 is 0 Å². The Kier molecular flexibility index (Phi) is 3.25. The lowest BCUT2D eigenvalue weighted by molar-refractivity contribution is 0.283. The minimum Gasteiger partial charge on any atom is -0.340 e. The molecule has 2 heterocycles. The van der Waals surface area contributed by atoms with Gasteiger partial charge in [-0.15, -0.1) is 0 Å². The molecule has 0 aromatic carbocycles. The van der Waals surface area contributed by atoms with E-state index in [-0.39, 0.29) is 0 Å². The lowest BCUT2D eigenvalue weighted by atomic mass is 9.91. The SMILES string of the molecule is CCN1CCCC(N)(c2noc(C)n2)CC1.